The van der Waals surface area contributed by atoms with Crippen LogP contribution in [0.25, 0.3) is 0 Å². The molecule has 0 aliphatic heterocycles. The Morgan fingerprint density at radius 3 is 3.00 bits per heavy atom. The van der Waals surface area contributed by atoms with Gasteiger partial charge in [0, 0.05) is 16.4 Å². The molecule has 2 aromatic heterocycles. The lowest BCUT2D eigenvalue weighted by Gasteiger charge is -2.10. The summed E-state index contributed by atoms with van der Waals surface area (Å²) in [5.74, 6) is 1.30. The third kappa shape index (κ3) is 5.46. The summed E-state index contributed by atoms with van der Waals surface area (Å²) in [5, 5.41) is 22.9. The van der Waals surface area contributed by atoms with Crippen LogP contribution in [0.5, 0.6) is 5.75 Å². The molecule has 4 rings (SSSR count). The number of carbonyl (C=O) groups is 1. The highest BCUT2D eigenvalue weighted by atomic mass is 35.5. The van der Waals surface area contributed by atoms with Crippen LogP contribution in [-0.2, 0) is 30.8 Å². The van der Waals surface area contributed by atoms with Gasteiger partial charge in [0.2, 0.25) is 5.91 Å². The molecule has 0 bridgehead atoms. The Bertz CT molecular complexity index is 1260. The Kier molecular flexibility index (Phi) is 7.93. The van der Waals surface area contributed by atoms with Gasteiger partial charge in [-0.25, -0.2) is 0 Å². The van der Waals surface area contributed by atoms with Crippen molar-refractivity contribution >= 4 is 45.6 Å². The molecule has 0 fully saturated rings. The molecular weight excluding hydrogens is 490 g/mol. The number of nitrogens with one attached hydrogen (secondary N) is 1. The number of ether oxygens (including phenoxy) is 1. The Balaban J connectivity index is 1.40. The van der Waals surface area contributed by atoms with Crippen LogP contribution >= 0.6 is 34.7 Å². The van der Waals surface area contributed by atoms with E-state index in [9.17, 15) is 10.1 Å². The molecule has 1 aromatic carbocycles. The van der Waals surface area contributed by atoms with Gasteiger partial charge in [-0.05, 0) is 61.9 Å². The van der Waals surface area contributed by atoms with Gasteiger partial charge in [0.25, 0.3) is 0 Å². The van der Waals surface area contributed by atoms with Crippen molar-refractivity contribution in [3.05, 3.63) is 63.3 Å². The number of nitrogens with zero attached hydrogens (tertiary/aromatic N) is 4. The summed E-state index contributed by atoms with van der Waals surface area (Å²) in [4.78, 5) is 13.9. The zero-order chi connectivity index (χ0) is 24.1. The van der Waals surface area contributed by atoms with Gasteiger partial charge >= 0.3 is 0 Å². The highest BCUT2D eigenvalue weighted by Crippen LogP contribution is 2.37. The Labute approximate surface area is 211 Å². The van der Waals surface area contributed by atoms with Crippen molar-refractivity contribution in [1.29, 1.82) is 5.26 Å². The number of thioether (sulfide) groups is 1. The summed E-state index contributed by atoms with van der Waals surface area (Å²) in [7, 11) is 0. The molecule has 34 heavy (non-hydrogen) atoms. The highest BCUT2D eigenvalue weighted by molar-refractivity contribution is 7.99. The lowest BCUT2D eigenvalue weighted by atomic mass is 9.96. The van der Waals surface area contributed by atoms with E-state index in [1.54, 1.807) is 12.1 Å². The van der Waals surface area contributed by atoms with Crippen LogP contribution in [0.2, 0.25) is 5.02 Å². The molecule has 176 valence electrons. The minimum absolute atomic E-state index is 0.153. The monoisotopic (exact) mass is 513 g/mol. The molecule has 1 N–H and O–H groups in total. The van der Waals surface area contributed by atoms with E-state index >= 15 is 0 Å². The van der Waals surface area contributed by atoms with Crippen LogP contribution in [-0.4, -0.2) is 26.4 Å². The SMILES string of the molecule is C=CCn1c(COc2ccc(Cl)c(C)c2)nnc1SCC(=O)Nc1sc2c(c1C#N)CCCC2. The van der Waals surface area contributed by atoms with Crippen LogP contribution in [0.1, 0.15) is 40.2 Å². The third-order valence-electron chi connectivity index (χ3n) is 5.47. The second kappa shape index (κ2) is 11.1. The Morgan fingerprint density at radius 1 is 1.41 bits per heavy atom. The zero-order valence-electron chi connectivity index (χ0n) is 18.8. The second-order valence-corrected chi connectivity index (χ2v) is 10.3. The number of fused-ring (bicyclic) bond motifs is 1. The van der Waals surface area contributed by atoms with E-state index < -0.39 is 0 Å². The summed E-state index contributed by atoms with van der Waals surface area (Å²) in [6.07, 6.45) is 5.85. The number of aromatic nitrogens is 3. The van der Waals surface area contributed by atoms with Crippen molar-refractivity contribution in [3.8, 4) is 11.8 Å². The normalized spacial score (nSPS) is 12.6. The van der Waals surface area contributed by atoms with Gasteiger partial charge in [-0.2, -0.15) is 5.26 Å². The molecular formula is C24H24ClN5O2S2. The highest BCUT2D eigenvalue weighted by Gasteiger charge is 2.22. The average molecular weight is 514 g/mol. The number of nitriles is 1. The molecule has 1 aliphatic carbocycles. The first kappa shape index (κ1) is 24.3. The van der Waals surface area contributed by atoms with E-state index in [2.05, 4.69) is 28.2 Å². The van der Waals surface area contributed by atoms with Crippen molar-refractivity contribution < 1.29 is 9.53 Å². The van der Waals surface area contributed by atoms with Crippen molar-refractivity contribution in [3.63, 3.8) is 0 Å². The lowest BCUT2D eigenvalue weighted by Crippen LogP contribution is -2.15. The number of hydrogen-bond acceptors (Lipinski definition) is 7. The van der Waals surface area contributed by atoms with Gasteiger partial charge in [0.1, 0.15) is 23.4 Å². The minimum atomic E-state index is -0.178. The molecule has 3 aromatic rings. The van der Waals surface area contributed by atoms with Gasteiger partial charge in [-0.1, -0.05) is 29.4 Å². The fraction of sp³-hybridized carbons (Fsp3) is 0.333. The van der Waals surface area contributed by atoms with Crippen molar-refractivity contribution in [2.24, 2.45) is 0 Å². The average Bonchev–Trinajstić information content (AvgIpc) is 3.38. The predicted molar refractivity (Wildman–Crippen MR) is 136 cm³/mol. The molecule has 1 aliphatic rings. The molecule has 7 nitrogen and oxygen atoms in total. The van der Waals surface area contributed by atoms with E-state index in [4.69, 9.17) is 16.3 Å². The quantitative estimate of drug-likeness (QED) is 0.298. The van der Waals surface area contributed by atoms with E-state index in [1.807, 2.05) is 23.6 Å². The first-order valence-electron chi connectivity index (χ1n) is 10.9. The molecule has 0 saturated carbocycles. The van der Waals surface area contributed by atoms with Crippen LogP contribution < -0.4 is 10.1 Å². The smallest absolute Gasteiger partial charge is 0.235 e. The van der Waals surface area contributed by atoms with Crippen LogP contribution in [0.15, 0.2) is 36.0 Å². The number of benzene rings is 1. The van der Waals surface area contributed by atoms with Crippen LogP contribution in [0.4, 0.5) is 5.00 Å². The number of thiophene rings is 1. The van der Waals surface area contributed by atoms with Gasteiger partial charge in [0.05, 0.1) is 11.3 Å². The molecule has 0 radical (unpaired) electrons. The summed E-state index contributed by atoms with van der Waals surface area (Å²) >= 11 is 8.89. The van der Waals surface area contributed by atoms with Crippen molar-refractivity contribution in [2.45, 2.75) is 50.9 Å². The van der Waals surface area contributed by atoms with Crippen LogP contribution in [0, 0.1) is 18.3 Å². The van der Waals surface area contributed by atoms with Crippen LogP contribution in [0.3, 0.4) is 0 Å². The maximum absolute atomic E-state index is 12.7. The number of allylic oxidation sites excluding steroid dienone is 1. The van der Waals surface area contributed by atoms with E-state index in [0.717, 1.165) is 36.8 Å². The fourth-order valence-electron chi connectivity index (χ4n) is 3.76. The van der Waals surface area contributed by atoms with E-state index in [0.29, 0.717) is 38.9 Å². The van der Waals surface area contributed by atoms with Gasteiger partial charge in [0.15, 0.2) is 11.0 Å². The standard InChI is InChI=1S/C24H24ClN5O2S2/c1-3-10-30-21(13-32-16-8-9-19(25)15(2)11-16)28-29-24(30)33-14-22(31)27-23-18(12-26)17-6-4-5-7-20(17)34-23/h3,8-9,11H,1,4-7,10,13-14H2,2H3,(H,27,31). The predicted octanol–water partition coefficient (Wildman–Crippen LogP) is 5.55. The number of aryl methyl sites for hydroxylation is 2. The number of anilines is 1. The fourth-order valence-corrected chi connectivity index (χ4v) is 5.91. The number of halogens is 1. The summed E-state index contributed by atoms with van der Waals surface area (Å²) in [5.41, 5.74) is 2.65. The lowest BCUT2D eigenvalue weighted by molar-refractivity contribution is -0.113. The molecule has 0 unspecified atom stereocenters. The molecule has 1 amide bonds. The second-order valence-electron chi connectivity index (χ2n) is 7.86. The molecule has 10 heteroatoms. The van der Waals surface area contributed by atoms with Crippen molar-refractivity contribution in [1.82, 2.24) is 14.8 Å². The largest absolute Gasteiger partial charge is 0.486 e. The molecule has 0 atom stereocenters. The maximum atomic E-state index is 12.7. The third-order valence-corrected chi connectivity index (χ3v) is 8.07. The maximum Gasteiger partial charge on any atom is 0.235 e. The summed E-state index contributed by atoms with van der Waals surface area (Å²) < 4.78 is 7.74. The Morgan fingerprint density at radius 2 is 2.24 bits per heavy atom. The first-order valence-corrected chi connectivity index (χ1v) is 13.1. The minimum Gasteiger partial charge on any atom is -0.486 e. The molecule has 0 saturated heterocycles. The number of rotatable bonds is 9. The number of hydrogen-bond donors (Lipinski definition) is 1. The summed E-state index contributed by atoms with van der Waals surface area (Å²) in [6.45, 7) is 6.44. The number of amides is 1. The van der Waals surface area contributed by atoms with E-state index in [1.165, 1.54) is 28.0 Å². The first-order chi connectivity index (χ1) is 16.5. The van der Waals surface area contributed by atoms with Gasteiger partial charge in [-0.3, -0.25) is 9.36 Å². The number of carbonyl (C=O) groups excluding carboxylic acids is 1. The topological polar surface area (TPSA) is 92.8 Å². The summed E-state index contributed by atoms with van der Waals surface area (Å²) in [6, 6.07) is 7.75. The van der Waals surface area contributed by atoms with E-state index in [-0.39, 0.29) is 18.3 Å². The molecule has 2 heterocycles. The Hall–Kier alpha value is -2.80. The zero-order valence-corrected chi connectivity index (χ0v) is 21.2. The molecule has 0 spiro atoms. The van der Waals surface area contributed by atoms with Crippen molar-refractivity contribution in [2.75, 3.05) is 11.1 Å². The van der Waals surface area contributed by atoms with Gasteiger partial charge in [-0.15, -0.1) is 28.1 Å². The van der Waals surface area contributed by atoms with Gasteiger partial charge < -0.3 is 10.1 Å².